The van der Waals surface area contributed by atoms with Crippen LogP contribution in [0.1, 0.15) is 19.8 Å². The number of hydrogen-bond donors (Lipinski definition) is 1. The summed E-state index contributed by atoms with van der Waals surface area (Å²) in [5.74, 6) is 0.216. The standard InChI is InChI=1S/C12H25N3O2/c1-2-10-17-11-3-12(16)15-8-6-14(5-4-13)7-9-15/h2-11,13H2,1H3. The number of carbonyl (C=O) groups is 1. The Hall–Kier alpha value is -0.650. The Kier molecular flexibility index (Phi) is 7.16. The Balaban J connectivity index is 2.12. The molecule has 0 unspecified atom stereocenters. The molecule has 0 bridgehead atoms. The fourth-order valence-corrected chi connectivity index (χ4v) is 1.97. The van der Waals surface area contributed by atoms with Gasteiger partial charge in [0.25, 0.3) is 0 Å². The molecule has 5 heteroatoms. The molecule has 0 spiro atoms. The molecule has 0 atom stereocenters. The van der Waals surface area contributed by atoms with Gasteiger partial charge in [-0.25, -0.2) is 0 Å². The summed E-state index contributed by atoms with van der Waals surface area (Å²) in [7, 11) is 0. The lowest BCUT2D eigenvalue weighted by Crippen LogP contribution is -2.49. The first kappa shape index (κ1) is 14.4. The van der Waals surface area contributed by atoms with Crippen molar-refractivity contribution in [3.05, 3.63) is 0 Å². The van der Waals surface area contributed by atoms with Crippen molar-refractivity contribution >= 4 is 5.91 Å². The predicted octanol–water partition coefficient (Wildman–Crippen LogP) is -0.0940. The van der Waals surface area contributed by atoms with E-state index in [1.54, 1.807) is 0 Å². The number of ether oxygens (including phenoxy) is 1. The molecule has 0 aliphatic carbocycles. The van der Waals surface area contributed by atoms with Crippen molar-refractivity contribution in [2.45, 2.75) is 19.8 Å². The highest BCUT2D eigenvalue weighted by atomic mass is 16.5. The Morgan fingerprint density at radius 1 is 1.24 bits per heavy atom. The van der Waals surface area contributed by atoms with Crippen molar-refractivity contribution in [3.63, 3.8) is 0 Å². The molecule has 1 aliphatic rings. The van der Waals surface area contributed by atoms with Crippen molar-refractivity contribution in [1.82, 2.24) is 9.80 Å². The number of hydrogen-bond acceptors (Lipinski definition) is 4. The SMILES string of the molecule is CCCOCCC(=O)N1CCN(CCN)CC1. The van der Waals surface area contributed by atoms with E-state index in [0.29, 0.717) is 19.6 Å². The van der Waals surface area contributed by atoms with Gasteiger partial charge in [-0.15, -0.1) is 0 Å². The van der Waals surface area contributed by atoms with E-state index in [9.17, 15) is 4.79 Å². The molecule has 0 aromatic carbocycles. The molecule has 2 N–H and O–H groups in total. The topological polar surface area (TPSA) is 58.8 Å². The summed E-state index contributed by atoms with van der Waals surface area (Å²) >= 11 is 0. The normalized spacial score (nSPS) is 17.4. The number of nitrogens with zero attached hydrogens (tertiary/aromatic N) is 2. The highest BCUT2D eigenvalue weighted by Crippen LogP contribution is 2.03. The Bertz CT molecular complexity index is 216. The summed E-state index contributed by atoms with van der Waals surface area (Å²) in [6.45, 7) is 8.53. The monoisotopic (exact) mass is 243 g/mol. The Morgan fingerprint density at radius 3 is 2.53 bits per heavy atom. The Morgan fingerprint density at radius 2 is 1.94 bits per heavy atom. The van der Waals surface area contributed by atoms with Crippen LogP contribution in [0.25, 0.3) is 0 Å². The third-order valence-corrected chi connectivity index (χ3v) is 2.98. The van der Waals surface area contributed by atoms with Gasteiger partial charge in [0.05, 0.1) is 13.0 Å². The summed E-state index contributed by atoms with van der Waals surface area (Å²) < 4.78 is 5.33. The molecular weight excluding hydrogens is 218 g/mol. The van der Waals surface area contributed by atoms with E-state index in [1.165, 1.54) is 0 Å². The fourth-order valence-electron chi connectivity index (χ4n) is 1.97. The summed E-state index contributed by atoms with van der Waals surface area (Å²) in [5.41, 5.74) is 5.51. The number of rotatable bonds is 7. The van der Waals surface area contributed by atoms with Crippen molar-refractivity contribution < 1.29 is 9.53 Å². The molecule has 1 amide bonds. The van der Waals surface area contributed by atoms with Gasteiger partial charge in [0.15, 0.2) is 0 Å². The van der Waals surface area contributed by atoms with Crippen molar-refractivity contribution in [3.8, 4) is 0 Å². The van der Waals surface area contributed by atoms with E-state index in [4.69, 9.17) is 10.5 Å². The molecule has 0 radical (unpaired) electrons. The molecule has 1 fully saturated rings. The minimum absolute atomic E-state index is 0.216. The predicted molar refractivity (Wildman–Crippen MR) is 67.8 cm³/mol. The van der Waals surface area contributed by atoms with Crippen LogP contribution in [0.15, 0.2) is 0 Å². The second-order valence-electron chi connectivity index (χ2n) is 4.37. The first-order valence-corrected chi connectivity index (χ1v) is 6.56. The maximum absolute atomic E-state index is 11.8. The molecule has 1 rings (SSSR count). The summed E-state index contributed by atoms with van der Waals surface area (Å²) in [5, 5.41) is 0. The zero-order chi connectivity index (χ0) is 12.5. The van der Waals surface area contributed by atoms with Crippen LogP contribution < -0.4 is 5.73 Å². The largest absolute Gasteiger partial charge is 0.381 e. The van der Waals surface area contributed by atoms with Gasteiger partial charge in [-0.3, -0.25) is 9.69 Å². The van der Waals surface area contributed by atoms with Gasteiger partial charge < -0.3 is 15.4 Å². The van der Waals surface area contributed by atoms with Gasteiger partial charge in [0, 0.05) is 45.9 Å². The van der Waals surface area contributed by atoms with E-state index in [-0.39, 0.29) is 5.91 Å². The van der Waals surface area contributed by atoms with Crippen molar-refractivity contribution in [2.24, 2.45) is 5.73 Å². The van der Waals surface area contributed by atoms with Crippen LogP contribution >= 0.6 is 0 Å². The van der Waals surface area contributed by atoms with Gasteiger partial charge in [-0.1, -0.05) is 6.92 Å². The van der Waals surface area contributed by atoms with E-state index < -0.39 is 0 Å². The van der Waals surface area contributed by atoms with Crippen LogP contribution in [0.2, 0.25) is 0 Å². The molecule has 0 aromatic heterocycles. The lowest BCUT2D eigenvalue weighted by molar-refractivity contribution is -0.134. The van der Waals surface area contributed by atoms with Crippen LogP contribution in [0.3, 0.4) is 0 Å². The molecule has 1 heterocycles. The molecule has 1 saturated heterocycles. The average molecular weight is 243 g/mol. The summed E-state index contributed by atoms with van der Waals surface area (Å²) in [4.78, 5) is 16.1. The van der Waals surface area contributed by atoms with Crippen LogP contribution in [0, 0.1) is 0 Å². The third-order valence-electron chi connectivity index (χ3n) is 2.98. The van der Waals surface area contributed by atoms with Crippen LogP contribution in [0.5, 0.6) is 0 Å². The molecular formula is C12H25N3O2. The van der Waals surface area contributed by atoms with E-state index in [0.717, 1.165) is 45.8 Å². The molecule has 17 heavy (non-hydrogen) atoms. The van der Waals surface area contributed by atoms with E-state index in [1.807, 2.05) is 4.90 Å². The minimum Gasteiger partial charge on any atom is -0.381 e. The smallest absolute Gasteiger partial charge is 0.224 e. The van der Waals surface area contributed by atoms with Crippen LogP contribution in [-0.4, -0.2) is 68.2 Å². The zero-order valence-corrected chi connectivity index (χ0v) is 10.9. The number of amides is 1. The van der Waals surface area contributed by atoms with Gasteiger partial charge >= 0.3 is 0 Å². The first-order chi connectivity index (χ1) is 8.27. The molecule has 0 saturated carbocycles. The van der Waals surface area contributed by atoms with Crippen LogP contribution in [0.4, 0.5) is 0 Å². The van der Waals surface area contributed by atoms with Gasteiger partial charge in [0.2, 0.25) is 5.91 Å². The first-order valence-electron chi connectivity index (χ1n) is 6.56. The maximum Gasteiger partial charge on any atom is 0.224 e. The summed E-state index contributed by atoms with van der Waals surface area (Å²) in [6, 6.07) is 0. The zero-order valence-electron chi connectivity index (χ0n) is 10.9. The summed E-state index contributed by atoms with van der Waals surface area (Å²) in [6.07, 6.45) is 1.52. The minimum atomic E-state index is 0.216. The number of nitrogens with two attached hydrogens (primary N) is 1. The number of piperazine rings is 1. The second-order valence-corrected chi connectivity index (χ2v) is 4.37. The van der Waals surface area contributed by atoms with Crippen LogP contribution in [-0.2, 0) is 9.53 Å². The van der Waals surface area contributed by atoms with Gasteiger partial charge in [-0.05, 0) is 6.42 Å². The second kappa shape index (κ2) is 8.44. The molecule has 1 aliphatic heterocycles. The highest BCUT2D eigenvalue weighted by molar-refractivity contribution is 5.76. The Labute approximate surface area is 104 Å². The van der Waals surface area contributed by atoms with Gasteiger partial charge in [0.1, 0.15) is 0 Å². The lowest BCUT2D eigenvalue weighted by Gasteiger charge is -2.34. The molecule has 0 aromatic rings. The molecule has 100 valence electrons. The maximum atomic E-state index is 11.8. The van der Waals surface area contributed by atoms with Crippen molar-refractivity contribution in [1.29, 1.82) is 0 Å². The third kappa shape index (κ3) is 5.48. The fraction of sp³-hybridized carbons (Fsp3) is 0.917. The highest BCUT2D eigenvalue weighted by Gasteiger charge is 2.19. The van der Waals surface area contributed by atoms with Crippen molar-refractivity contribution in [2.75, 3.05) is 52.5 Å². The molecule has 5 nitrogen and oxygen atoms in total. The quantitative estimate of drug-likeness (QED) is 0.635. The van der Waals surface area contributed by atoms with E-state index >= 15 is 0 Å². The lowest BCUT2D eigenvalue weighted by atomic mass is 10.3. The van der Waals surface area contributed by atoms with E-state index in [2.05, 4.69) is 11.8 Å². The average Bonchev–Trinajstić information content (AvgIpc) is 2.36. The number of carbonyl (C=O) groups excluding carboxylic acids is 1. The van der Waals surface area contributed by atoms with Gasteiger partial charge in [-0.2, -0.15) is 0 Å².